The van der Waals surface area contributed by atoms with Gasteiger partial charge in [-0.1, -0.05) is 55.5 Å². The van der Waals surface area contributed by atoms with E-state index in [4.69, 9.17) is 0 Å². The summed E-state index contributed by atoms with van der Waals surface area (Å²) in [5.74, 6) is -0.0559. The highest BCUT2D eigenvalue weighted by molar-refractivity contribution is 6.00. The molecule has 2 heterocycles. The number of H-pyrrole nitrogens is 1. The lowest BCUT2D eigenvalue weighted by Gasteiger charge is -2.17. The average Bonchev–Trinajstić information content (AvgIpc) is 3.22. The van der Waals surface area contributed by atoms with Crippen LogP contribution >= 0.6 is 0 Å². The van der Waals surface area contributed by atoms with Crippen molar-refractivity contribution in [1.82, 2.24) is 21.3 Å². The number of rotatable bonds is 4. The molecule has 1 amide bonds. The van der Waals surface area contributed by atoms with Gasteiger partial charge in [-0.05, 0) is 18.6 Å². The third-order valence-corrected chi connectivity index (χ3v) is 5.20. The molecule has 1 aliphatic rings. The number of aromatic nitrogens is 1. The number of hydrazone groups is 1. The van der Waals surface area contributed by atoms with Gasteiger partial charge in [-0.15, -0.1) is 0 Å². The van der Waals surface area contributed by atoms with Crippen molar-refractivity contribution < 1.29 is 4.79 Å². The van der Waals surface area contributed by atoms with Crippen LogP contribution < -0.4 is 16.3 Å². The Kier molecular flexibility index (Phi) is 4.75. The van der Waals surface area contributed by atoms with E-state index in [0.29, 0.717) is 0 Å². The lowest BCUT2D eigenvalue weighted by Crippen LogP contribution is -2.43. The number of fused-ring (bicyclic) bond motifs is 1. The van der Waals surface area contributed by atoms with E-state index < -0.39 is 0 Å². The third kappa shape index (κ3) is 3.37. The number of aryl methyl sites for hydroxylation is 1. The minimum atomic E-state index is -0.351. The zero-order valence-corrected chi connectivity index (χ0v) is 15.4. The van der Waals surface area contributed by atoms with E-state index in [1.807, 2.05) is 49.4 Å². The molecule has 27 heavy (non-hydrogen) atoms. The molecule has 0 aliphatic carbocycles. The summed E-state index contributed by atoms with van der Waals surface area (Å²) in [6.07, 6.45) is 1.70. The van der Waals surface area contributed by atoms with Gasteiger partial charge in [0.05, 0.1) is 12.3 Å². The largest absolute Gasteiger partial charge is 0.358 e. The van der Waals surface area contributed by atoms with Crippen LogP contribution in [-0.4, -0.2) is 23.1 Å². The van der Waals surface area contributed by atoms with Crippen LogP contribution in [0.2, 0.25) is 0 Å². The molecule has 3 unspecified atom stereocenters. The van der Waals surface area contributed by atoms with E-state index in [0.717, 1.165) is 27.7 Å². The molecule has 1 fully saturated rings. The van der Waals surface area contributed by atoms with Gasteiger partial charge in [0.1, 0.15) is 6.04 Å². The number of nitrogens with one attached hydrogen (secondary N) is 4. The number of hydrazine groups is 1. The second-order valence-electron chi connectivity index (χ2n) is 6.96. The van der Waals surface area contributed by atoms with Crippen LogP contribution in [0.1, 0.15) is 29.8 Å². The smallest absolute Gasteiger partial charge is 0.258 e. The van der Waals surface area contributed by atoms with E-state index >= 15 is 0 Å². The van der Waals surface area contributed by atoms with Crippen LogP contribution in [0.25, 0.3) is 10.9 Å². The maximum absolute atomic E-state index is 12.6. The van der Waals surface area contributed by atoms with Gasteiger partial charge in [0.15, 0.2) is 0 Å². The van der Waals surface area contributed by atoms with E-state index in [9.17, 15) is 4.79 Å². The molecule has 0 spiro atoms. The van der Waals surface area contributed by atoms with E-state index in [1.165, 1.54) is 0 Å². The number of hydrogen-bond donors (Lipinski definition) is 4. The fraction of sp³-hybridized carbons (Fsp3) is 0.238. The molecule has 138 valence electrons. The highest BCUT2D eigenvalue weighted by Crippen LogP contribution is 2.28. The third-order valence-electron chi connectivity index (χ3n) is 5.20. The molecule has 1 aromatic heterocycles. The van der Waals surface area contributed by atoms with Gasteiger partial charge < -0.3 is 4.98 Å². The summed E-state index contributed by atoms with van der Waals surface area (Å²) in [4.78, 5) is 15.9. The van der Waals surface area contributed by atoms with Crippen molar-refractivity contribution in [3.05, 3.63) is 71.4 Å². The number of aromatic amines is 1. The number of hydrogen-bond acceptors (Lipinski definition) is 4. The molecule has 3 atom stereocenters. The van der Waals surface area contributed by atoms with Gasteiger partial charge >= 0.3 is 0 Å². The second kappa shape index (κ2) is 7.34. The van der Waals surface area contributed by atoms with Gasteiger partial charge in [-0.3, -0.25) is 4.79 Å². The molecule has 2 aromatic carbocycles. The monoisotopic (exact) mass is 361 g/mol. The fourth-order valence-electron chi connectivity index (χ4n) is 3.68. The summed E-state index contributed by atoms with van der Waals surface area (Å²) in [6, 6.07) is 17.9. The predicted octanol–water partition coefficient (Wildman–Crippen LogP) is 2.78. The highest BCUT2D eigenvalue weighted by Gasteiger charge is 2.37. The lowest BCUT2D eigenvalue weighted by atomic mass is 9.91. The summed E-state index contributed by atoms with van der Waals surface area (Å²) in [5, 5.41) is 5.28. The van der Waals surface area contributed by atoms with Crippen molar-refractivity contribution in [2.24, 2.45) is 11.0 Å². The Hall–Kier alpha value is -2.96. The van der Waals surface area contributed by atoms with Gasteiger partial charge in [0.2, 0.25) is 0 Å². The first-order valence-electron chi connectivity index (χ1n) is 9.11. The minimum absolute atomic E-state index is 0.0850. The van der Waals surface area contributed by atoms with Crippen molar-refractivity contribution in [3.63, 3.8) is 0 Å². The zero-order chi connectivity index (χ0) is 18.8. The molecule has 6 nitrogen and oxygen atoms in total. The van der Waals surface area contributed by atoms with Crippen LogP contribution in [0.15, 0.2) is 59.7 Å². The Balaban J connectivity index is 1.44. The van der Waals surface area contributed by atoms with Gasteiger partial charge in [0.25, 0.3) is 5.91 Å². The highest BCUT2D eigenvalue weighted by atomic mass is 16.2. The number of carbonyl (C=O) groups is 1. The molecule has 0 saturated carbocycles. The maximum atomic E-state index is 12.6. The first-order valence-corrected chi connectivity index (χ1v) is 9.11. The molecule has 4 N–H and O–H groups in total. The molecular weight excluding hydrogens is 338 g/mol. The van der Waals surface area contributed by atoms with E-state index in [-0.39, 0.29) is 23.9 Å². The number of nitrogens with zero attached hydrogens (tertiary/aromatic N) is 1. The van der Waals surface area contributed by atoms with E-state index in [2.05, 4.69) is 45.4 Å². The summed E-state index contributed by atoms with van der Waals surface area (Å²) < 4.78 is 0. The summed E-state index contributed by atoms with van der Waals surface area (Å²) in [5.41, 5.74) is 13.2. The lowest BCUT2D eigenvalue weighted by molar-refractivity contribution is -0.123. The van der Waals surface area contributed by atoms with Gasteiger partial charge in [-0.2, -0.15) is 5.10 Å². The first-order chi connectivity index (χ1) is 13.1. The Bertz CT molecular complexity index is 979. The number of amides is 1. The average molecular weight is 361 g/mol. The van der Waals surface area contributed by atoms with Crippen molar-refractivity contribution in [1.29, 1.82) is 0 Å². The topological polar surface area (TPSA) is 81.3 Å². The maximum Gasteiger partial charge on any atom is 0.258 e. The predicted molar refractivity (Wildman–Crippen MR) is 107 cm³/mol. The van der Waals surface area contributed by atoms with Crippen LogP contribution in [0, 0.1) is 12.8 Å². The van der Waals surface area contributed by atoms with Crippen molar-refractivity contribution >= 4 is 23.0 Å². The van der Waals surface area contributed by atoms with Crippen LogP contribution in [0.5, 0.6) is 0 Å². The number of benzene rings is 2. The van der Waals surface area contributed by atoms with Crippen molar-refractivity contribution in [2.45, 2.75) is 25.9 Å². The van der Waals surface area contributed by atoms with Crippen molar-refractivity contribution in [2.75, 3.05) is 0 Å². The molecule has 6 heteroatoms. The van der Waals surface area contributed by atoms with Crippen molar-refractivity contribution in [3.8, 4) is 0 Å². The molecule has 1 aliphatic heterocycles. The molecule has 1 saturated heterocycles. The molecule has 0 bridgehead atoms. The molecule has 0 radical (unpaired) electrons. The fourth-order valence-corrected chi connectivity index (χ4v) is 3.68. The standard InChI is InChI=1S/C21H23N5O/c1-13-19(15-8-4-3-5-9-15)24-25-20(13)21(27)26-22-12-17-14(2)23-18-11-7-6-10-16(17)18/h3-13,19-20,23-25H,1-2H3,(H,26,27)/b22-12+. The Morgan fingerprint density at radius 3 is 2.63 bits per heavy atom. The van der Waals surface area contributed by atoms with Gasteiger partial charge in [-0.25, -0.2) is 16.3 Å². The summed E-state index contributed by atoms with van der Waals surface area (Å²) in [7, 11) is 0. The normalized spacial score (nSPS) is 22.5. The number of carbonyl (C=O) groups excluding carboxylic acids is 1. The Morgan fingerprint density at radius 2 is 1.81 bits per heavy atom. The summed E-state index contributed by atoms with van der Waals surface area (Å²) >= 11 is 0. The quantitative estimate of drug-likeness (QED) is 0.426. The van der Waals surface area contributed by atoms with Crippen LogP contribution in [-0.2, 0) is 4.79 Å². The van der Waals surface area contributed by atoms with Crippen LogP contribution in [0.4, 0.5) is 0 Å². The minimum Gasteiger partial charge on any atom is -0.358 e. The summed E-state index contributed by atoms with van der Waals surface area (Å²) in [6.45, 7) is 4.06. The molecular formula is C21H23N5O. The first kappa shape index (κ1) is 17.5. The Labute approximate surface area is 158 Å². The molecule has 3 aromatic rings. The van der Waals surface area contributed by atoms with Gasteiger partial charge in [0, 0.05) is 28.1 Å². The number of para-hydroxylation sites is 1. The van der Waals surface area contributed by atoms with E-state index in [1.54, 1.807) is 6.21 Å². The molecule has 4 rings (SSSR count). The van der Waals surface area contributed by atoms with Crippen LogP contribution in [0.3, 0.4) is 0 Å². The Morgan fingerprint density at radius 1 is 1.07 bits per heavy atom. The second-order valence-corrected chi connectivity index (χ2v) is 6.96. The SMILES string of the molecule is Cc1[nH]c2ccccc2c1/C=N/NC(=O)C1NNC(c2ccccc2)C1C. The zero-order valence-electron chi connectivity index (χ0n) is 15.4.